The van der Waals surface area contributed by atoms with Crippen LogP contribution >= 0.6 is 11.3 Å². The van der Waals surface area contributed by atoms with E-state index in [4.69, 9.17) is 4.42 Å². The minimum absolute atomic E-state index is 0.124. The van der Waals surface area contributed by atoms with Crippen LogP contribution in [0.2, 0.25) is 0 Å². The molecule has 4 rings (SSSR count). The maximum absolute atomic E-state index is 12.9. The molecule has 2 aromatic heterocycles. The number of fused-ring (bicyclic) bond motifs is 1. The number of nitrogens with zero attached hydrogens (tertiary/aromatic N) is 1. The third kappa shape index (κ3) is 3.54. The van der Waals surface area contributed by atoms with E-state index in [0.717, 1.165) is 40.7 Å². The predicted molar refractivity (Wildman–Crippen MR) is 111 cm³/mol. The predicted octanol–water partition coefficient (Wildman–Crippen LogP) is 4.99. The minimum Gasteiger partial charge on any atom is -0.451 e. The van der Waals surface area contributed by atoms with Crippen molar-refractivity contribution in [2.45, 2.75) is 39.7 Å². The lowest BCUT2D eigenvalue weighted by Gasteiger charge is -2.26. The number of aryl methyl sites for hydroxylation is 3. The molecule has 1 N–H and O–H groups in total. The first-order valence-electron chi connectivity index (χ1n) is 9.60. The molecule has 0 bridgehead atoms. The number of furan rings is 1. The van der Waals surface area contributed by atoms with E-state index in [1.165, 1.54) is 17.7 Å². The Morgan fingerprint density at radius 2 is 2.04 bits per heavy atom. The first-order chi connectivity index (χ1) is 13.0. The monoisotopic (exact) mass is 382 g/mol. The van der Waals surface area contributed by atoms with Crippen LogP contribution in [0.1, 0.15) is 51.0 Å². The van der Waals surface area contributed by atoms with Gasteiger partial charge >= 0.3 is 0 Å². The highest BCUT2D eigenvalue weighted by Crippen LogP contribution is 2.30. The molecule has 4 nitrogen and oxygen atoms in total. The number of likely N-dealkylation sites (tertiary alicyclic amines) is 1. The molecular weight excluding hydrogens is 356 g/mol. The lowest BCUT2D eigenvalue weighted by atomic mass is 10.0. The Morgan fingerprint density at radius 3 is 2.74 bits per heavy atom. The Kier molecular flexibility index (Phi) is 5.06. The van der Waals surface area contributed by atoms with Gasteiger partial charge in [-0.2, -0.15) is 0 Å². The maximum Gasteiger partial charge on any atom is 0.287 e. The smallest absolute Gasteiger partial charge is 0.287 e. The largest absolute Gasteiger partial charge is 0.451 e. The summed E-state index contributed by atoms with van der Waals surface area (Å²) < 4.78 is 5.95. The minimum atomic E-state index is -0.124. The van der Waals surface area contributed by atoms with Gasteiger partial charge in [-0.25, -0.2) is 0 Å². The summed E-state index contributed by atoms with van der Waals surface area (Å²) in [5.74, 6) is 0.312. The zero-order valence-electron chi connectivity index (χ0n) is 16.2. The fourth-order valence-corrected chi connectivity index (χ4v) is 5.08. The molecule has 0 aliphatic carbocycles. The van der Waals surface area contributed by atoms with Gasteiger partial charge in [-0.15, -0.1) is 11.3 Å². The van der Waals surface area contributed by atoms with Crippen LogP contribution in [0.15, 0.2) is 34.1 Å². The van der Waals surface area contributed by atoms with Crippen LogP contribution in [0.4, 0.5) is 0 Å². The third-order valence-corrected chi connectivity index (χ3v) is 6.46. The first-order valence-corrected chi connectivity index (χ1v) is 10.5. The molecule has 1 aliphatic heterocycles. The van der Waals surface area contributed by atoms with Crippen LogP contribution in [-0.2, 0) is 0 Å². The SMILES string of the molecule is Cc1cc(C)c2c(C)c(C(=O)NC[C@H](c3cccs3)N3CCCC3)oc2c1. The van der Waals surface area contributed by atoms with Gasteiger partial charge in [0.25, 0.3) is 5.91 Å². The van der Waals surface area contributed by atoms with Crippen LogP contribution in [0.3, 0.4) is 0 Å². The second-order valence-electron chi connectivity index (χ2n) is 7.50. The van der Waals surface area contributed by atoms with Crippen molar-refractivity contribution in [2.24, 2.45) is 0 Å². The maximum atomic E-state index is 12.9. The van der Waals surface area contributed by atoms with Crippen molar-refractivity contribution in [2.75, 3.05) is 19.6 Å². The van der Waals surface area contributed by atoms with Gasteiger partial charge < -0.3 is 9.73 Å². The highest BCUT2D eigenvalue weighted by molar-refractivity contribution is 7.10. The fourth-order valence-electron chi connectivity index (χ4n) is 4.22. The van der Waals surface area contributed by atoms with Gasteiger partial charge in [-0.1, -0.05) is 12.1 Å². The quantitative estimate of drug-likeness (QED) is 0.676. The molecule has 1 aromatic carbocycles. The van der Waals surface area contributed by atoms with Gasteiger partial charge in [-0.05, 0) is 75.3 Å². The number of thiophene rings is 1. The van der Waals surface area contributed by atoms with Gasteiger partial charge in [0.15, 0.2) is 5.76 Å². The molecule has 1 atom stereocenters. The summed E-state index contributed by atoms with van der Waals surface area (Å²) in [7, 11) is 0. The van der Waals surface area contributed by atoms with Crippen LogP contribution in [-0.4, -0.2) is 30.4 Å². The Balaban J connectivity index is 1.55. The Bertz CT molecular complexity index is 953. The number of benzene rings is 1. The second-order valence-corrected chi connectivity index (χ2v) is 8.47. The van der Waals surface area contributed by atoms with Crippen molar-refractivity contribution in [3.05, 3.63) is 57.0 Å². The summed E-state index contributed by atoms with van der Waals surface area (Å²) in [5, 5.41) is 6.29. The van der Waals surface area contributed by atoms with E-state index in [9.17, 15) is 4.79 Å². The molecule has 0 saturated carbocycles. The molecule has 0 radical (unpaired) electrons. The van der Waals surface area contributed by atoms with Gasteiger partial charge in [-0.3, -0.25) is 9.69 Å². The molecule has 1 amide bonds. The summed E-state index contributed by atoms with van der Waals surface area (Å²) >= 11 is 1.76. The third-order valence-electron chi connectivity index (χ3n) is 5.49. The molecule has 1 aliphatic rings. The topological polar surface area (TPSA) is 45.5 Å². The average molecular weight is 383 g/mol. The van der Waals surface area contributed by atoms with E-state index in [-0.39, 0.29) is 11.9 Å². The number of nitrogens with one attached hydrogen (secondary N) is 1. The van der Waals surface area contributed by atoms with Crippen molar-refractivity contribution in [1.29, 1.82) is 0 Å². The first kappa shape index (κ1) is 18.3. The average Bonchev–Trinajstić information content (AvgIpc) is 3.36. The lowest BCUT2D eigenvalue weighted by molar-refractivity contribution is 0.0912. The normalized spacial score (nSPS) is 16.1. The summed E-state index contributed by atoms with van der Waals surface area (Å²) in [4.78, 5) is 16.7. The van der Waals surface area contributed by atoms with E-state index in [0.29, 0.717) is 12.3 Å². The van der Waals surface area contributed by atoms with Crippen LogP contribution in [0.5, 0.6) is 0 Å². The van der Waals surface area contributed by atoms with E-state index in [1.54, 1.807) is 11.3 Å². The number of hydrogen-bond donors (Lipinski definition) is 1. The van der Waals surface area contributed by atoms with Crippen molar-refractivity contribution in [3.8, 4) is 0 Å². The fraction of sp³-hybridized carbons (Fsp3) is 0.409. The number of hydrogen-bond acceptors (Lipinski definition) is 4. The summed E-state index contributed by atoms with van der Waals surface area (Å²) in [6.45, 7) is 8.89. The molecule has 27 heavy (non-hydrogen) atoms. The van der Waals surface area contributed by atoms with E-state index >= 15 is 0 Å². The molecule has 142 valence electrons. The molecule has 0 unspecified atom stereocenters. The van der Waals surface area contributed by atoms with Crippen LogP contribution in [0, 0.1) is 20.8 Å². The van der Waals surface area contributed by atoms with Gasteiger partial charge in [0.1, 0.15) is 5.58 Å². The van der Waals surface area contributed by atoms with Crippen LogP contribution < -0.4 is 5.32 Å². The summed E-state index contributed by atoms with van der Waals surface area (Å²) in [6, 6.07) is 8.63. The zero-order chi connectivity index (χ0) is 19.0. The highest BCUT2D eigenvalue weighted by Gasteiger charge is 2.26. The van der Waals surface area contributed by atoms with Crippen molar-refractivity contribution < 1.29 is 9.21 Å². The van der Waals surface area contributed by atoms with E-state index in [1.807, 2.05) is 19.9 Å². The number of rotatable bonds is 5. The molecule has 1 fully saturated rings. The highest BCUT2D eigenvalue weighted by atomic mass is 32.1. The second kappa shape index (κ2) is 7.49. The molecule has 5 heteroatoms. The number of amides is 1. The van der Waals surface area contributed by atoms with Crippen molar-refractivity contribution >= 4 is 28.2 Å². The molecule has 0 spiro atoms. The Morgan fingerprint density at radius 1 is 1.26 bits per heavy atom. The van der Waals surface area contributed by atoms with Gasteiger partial charge in [0, 0.05) is 22.4 Å². The molecule has 3 heterocycles. The summed E-state index contributed by atoms with van der Waals surface area (Å²) in [5.41, 5.74) is 4.02. The van der Waals surface area contributed by atoms with Gasteiger partial charge in [0.2, 0.25) is 0 Å². The van der Waals surface area contributed by atoms with Crippen molar-refractivity contribution in [1.82, 2.24) is 10.2 Å². The number of carbonyl (C=O) groups is 1. The zero-order valence-corrected chi connectivity index (χ0v) is 17.0. The standard InChI is InChI=1S/C22H26N2O2S/c1-14-11-15(2)20-16(3)21(26-18(20)12-14)22(25)23-13-17(19-7-6-10-27-19)24-8-4-5-9-24/h6-7,10-12,17H,4-5,8-9,13H2,1-3H3,(H,23,25)/t17-/m1/s1. The lowest BCUT2D eigenvalue weighted by Crippen LogP contribution is -2.36. The molecule has 3 aromatic rings. The Hall–Kier alpha value is -2.11. The summed E-state index contributed by atoms with van der Waals surface area (Å²) in [6.07, 6.45) is 2.47. The Labute approximate surface area is 164 Å². The van der Waals surface area contributed by atoms with Crippen molar-refractivity contribution in [3.63, 3.8) is 0 Å². The van der Waals surface area contributed by atoms with Gasteiger partial charge in [0.05, 0.1) is 6.04 Å². The number of carbonyl (C=O) groups excluding carboxylic acids is 1. The molecule has 1 saturated heterocycles. The van der Waals surface area contributed by atoms with Crippen LogP contribution in [0.25, 0.3) is 11.0 Å². The molecular formula is C22H26N2O2S. The van der Waals surface area contributed by atoms with E-state index < -0.39 is 0 Å². The van der Waals surface area contributed by atoms with E-state index in [2.05, 4.69) is 40.7 Å².